The zero-order valence-electron chi connectivity index (χ0n) is 6.75. The van der Waals surface area contributed by atoms with Gasteiger partial charge in [-0.1, -0.05) is 30.4 Å². The van der Waals surface area contributed by atoms with E-state index < -0.39 is 5.24 Å². The lowest BCUT2D eigenvalue weighted by atomic mass is 10.1. The average molecular weight is 181 g/mol. The summed E-state index contributed by atoms with van der Waals surface area (Å²) in [6.07, 6.45) is 3.73. The first-order valence-electron chi connectivity index (χ1n) is 3.67. The quantitative estimate of drug-likeness (QED) is 0.640. The van der Waals surface area contributed by atoms with Gasteiger partial charge in [-0.3, -0.25) is 4.79 Å². The van der Waals surface area contributed by atoms with Gasteiger partial charge < -0.3 is 0 Å². The zero-order valence-corrected chi connectivity index (χ0v) is 7.51. The average Bonchev–Trinajstić information content (AvgIpc) is 2.05. The molecule has 0 radical (unpaired) electrons. The van der Waals surface area contributed by atoms with E-state index in [2.05, 4.69) is 0 Å². The van der Waals surface area contributed by atoms with Gasteiger partial charge in [0.15, 0.2) is 0 Å². The Kier molecular flexibility index (Phi) is 3.06. The summed E-state index contributed by atoms with van der Waals surface area (Å²) in [6, 6.07) is 7.24. The van der Waals surface area contributed by atoms with Crippen LogP contribution in [-0.4, -0.2) is 5.24 Å². The molecule has 1 rings (SSSR count). The van der Waals surface area contributed by atoms with Crippen molar-refractivity contribution in [3.63, 3.8) is 0 Å². The minimum absolute atomic E-state index is 0.413. The van der Waals surface area contributed by atoms with Crippen molar-refractivity contribution in [2.45, 2.75) is 6.92 Å². The Morgan fingerprint density at radius 2 is 2.08 bits per heavy atom. The number of allylic oxidation sites excluding steroid dienone is 1. The van der Waals surface area contributed by atoms with E-state index in [4.69, 9.17) is 11.6 Å². The standard InChI is InChI=1S/C10H9ClO/c1-2-5-8-6-3-4-7-9(8)10(11)12/h2-7H,1H3. The molecule has 1 nitrogen and oxygen atoms in total. The highest BCUT2D eigenvalue weighted by Gasteiger charge is 2.04. The maximum Gasteiger partial charge on any atom is 0.252 e. The molecule has 0 aliphatic rings. The Balaban J connectivity index is 3.17. The first-order chi connectivity index (χ1) is 5.75. The second kappa shape index (κ2) is 4.07. The third-order valence-corrected chi connectivity index (χ3v) is 1.72. The normalized spacial score (nSPS) is 10.5. The van der Waals surface area contributed by atoms with Gasteiger partial charge in [-0.15, -0.1) is 0 Å². The predicted molar refractivity (Wildman–Crippen MR) is 51.3 cm³/mol. The Hall–Kier alpha value is -1.08. The molecule has 0 aromatic heterocycles. The summed E-state index contributed by atoms with van der Waals surface area (Å²) >= 11 is 5.37. The fourth-order valence-electron chi connectivity index (χ4n) is 1.00. The SMILES string of the molecule is CC=Cc1ccccc1C(=O)Cl. The molecule has 0 atom stereocenters. The first-order valence-corrected chi connectivity index (χ1v) is 4.05. The Morgan fingerprint density at radius 1 is 1.42 bits per heavy atom. The Bertz CT molecular complexity index is 315. The summed E-state index contributed by atoms with van der Waals surface area (Å²) in [7, 11) is 0. The van der Waals surface area contributed by atoms with Crippen LogP contribution in [0.15, 0.2) is 30.3 Å². The Labute approximate surface area is 76.7 Å². The van der Waals surface area contributed by atoms with Crippen molar-refractivity contribution in [3.05, 3.63) is 41.5 Å². The number of carbonyl (C=O) groups excluding carboxylic acids is 1. The Morgan fingerprint density at radius 3 is 2.67 bits per heavy atom. The van der Waals surface area contributed by atoms with Crippen molar-refractivity contribution in [2.75, 3.05) is 0 Å². The molecule has 1 aromatic carbocycles. The smallest absolute Gasteiger partial charge is 0.252 e. The lowest BCUT2D eigenvalue weighted by Gasteiger charge is -1.98. The lowest BCUT2D eigenvalue weighted by Crippen LogP contribution is -1.91. The van der Waals surface area contributed by atoms with E-state index in [1.54, 1.807) is 12.1 Å². The molecule has 0 spiro atoms. The summed E-state index contributed by atoms with van der Waals surface area (Å²) in [5.74, 6) is 0. The van der Waals surface area contributed by atoms with Gasteiger partial charge in [-0.2, -0.15) is 0 Å². The molecule has 2 heteroatoms. The summed E-state index contributed by atoms with van der Waals surface area (Å²) in [5, 5.41) is -0.413. The molecule has 1 aromatic rings. The van der Waals surface area contributed by atoms with Crippen LogP contribution in [0, 0.1) is 0 Å². The number of carbonyl (C=O) groups is 1. The van der Waals surface area contributed by atoms with Crippen LogP contribution in [0.2, 0.25) is 0 Å². The maximum atomic E-state index is 10.9. The van der Waals surface area contributed by atoms with Crippen molar-refractivity contribution < 1.29 is 4.79 Å². The van der Waals surface area contributed by atoms with E-state index in [-0.39, 0.29) is 0 Å². The lowest BCUT2D eigenvalue weighted by molar-refractivity contribution is 0.108. The van der Waals surface area contributed by atoms with E-state index in [9.17, 15) is 4.79 Å². The second-order valence-corrected chi connectivity index (χ2v) is 2.70. The molecule has 0 amide bonds. The van der Waals surface area contributed by atoms with Crippen LogP contribution < -0.4 is 0 Å². The third-order valence-electron chi connectivity index (χ3n) is 1.52. The molecule has 0 aliphatic heterocycles. The van der Waals surface area contributed by atoms with Gasteiger partial charge in [0, 0.05) is 5.56 Å². The van der Waals surface area contributed by atoms with Crippen molar-refractivity contribution in [2.24, 2.45) is 0 Å². The van der Waals surface area contributed by atoms with E-state index >= 15 is 0 Å². The van der Waals surface area contributed by atoms with Gasteiger partial charge in [0.05, 0.1) is 0 Å². The van der Waals surface area contributed by atoms with Crippen LogP contribution in [0.4, 0.5) is 0 Å². The molecule has 0 unspecified atom stereocenters. The van der Waals surface area contributed by atoms with E-state index in [0.29, 0.717) is 5.56 Å². The van der Waals surface area contributed by atoms with Crippen molar-refractivity contribution in [1.29, 1.82) is 0 Å². The van der Waals surface area contributed by atoms with Crippen molar-refractivity contribution in [1.82, 2.24) is 0 Å². The van der Waals surface area contributed by atoms with Crippen LogP contribution in [0.25, 0.3) is 6.08 Å². The second-order valence-electron chi connectivity index (χ2n) is 2.36. The minimum atomic E-state index is -0.413. The molecule has 0 N–H and O–H groups in total. The largest absolute Gasteiger partial charge is 0.276 e. The van der Waals surface area contributed by atoms with Crippen LogP contribution in [0.1, 0.15) is 22.8 Å². The first kappa shape index (κ1) is 9.01. The number of rotatable bonds is 2. The van der Waals surface area contributed by atoms with E-state index in [1.807, 2.05) is 31.2 Å². The number of hydrogen-bond donors (Lipinski definition) is 0. The molecule has 0 saturated carbocycles. The molecule has 12 heavy (non-hydrogen) atoms. The van der Waals surface area contributed by atoms with Gasteiger partial charge in [-0.25, -0.2) is 0 Å². The number of hydrogen-bond acceptors (Lipinski definition) is 1. The number of benzene rings is 1. The predicted octanol–water partition coefficient (Wildman–Crippen LogP) is 3.10. The van der Waals surface area contributed by atoms with Crippen molar-refractivity contribution >= 4 is 22.9 Å². The number of halogens is 1. The fraction of sp³-hybridized carbons (Fsp3) is 0.100. The molecule has 0 heterocycles. The minimum Gasteiger partial charge on any atom is -0.276 e. The molecule has 0 bridgehead atoms. The summed E-state index contributed by atoms with van der Waals surface area (Å²) in [5.41, 5.74) is 1.41. The molecule has 0 saturated heterocycles. The molecule has 0 aliphatic carbocycles. The van der Waals surface area contributed by atoms with Gasteiger partial charge in [0.25, 0.3) is 5.24 Å². The van der Waals surface area contributed by atoms with Crippen molar-refractivity contribution in [3.8, 4) is 0 Å². The molecule has 0 fully saturated rings. The van der Waals surface area contributed by atoms with E-state index in [1.165, 1.54) is 0 Å². The molecular weight excluding hydrogens is 172 g/mol. The fourth-order valence-corrected chi connectivity index (χ4v) is 1.17. The highest BCUT2D eigenvalue weighted by atomic mass is 35.5. The monoisotopic (exact) mass is 180 g/mol. The third kappa shape index (κ3) is 1.95. The van der Waals surface area contributed by atoms with Gasteiger partial charge in [0.1, 0.15) is 0 Å². The van der Waals surface area contributed by atoms with Crippen LogP contribution in [0.5, 0.6) is 0 Å². The van der Waals surface area contributed by atoms with E-state index in [0.717, 1.165) is 5.56 Å². The summed E-state index contributed by atoms with van der Waals surface area (Å²) in [4.78, 5) is 10.9. The zero-order chi connectivity index (χ0) is 8.97. The van der Waals surface area contributed by atoms with Gasteiger partial charge in [0.2, 0.25) is 0 Å². The highest BCUT2D eigenvalue weighted by Crippen LogP contribution is 2.12. The maximum absolute atomic E-state index is 10.9. The van der Waals surface area contributed by atoms with Crippen LogP contribution in [-0.2, 0) is 0 Å². The molecular formula is C10H9ClO. The van der Waals surface area contributed by atoms with Crippen LogP contribution >= 0.6 is 11.6 Å². The van der Waals surface area contributed by atoms with Crippen LogP contribution in [0.3, 0.4) is 0 Å². The van der Waals surface area contributed by atoms with Gasteiger partial charge in [-0.05, 0) is 30.2 Å². The summed E-state index contributed by atoms with van der Waals surface area (Å²) in [6.45, 7) is 1.90. The van der Waals surface area contributed by atoms with Gasteiger partial charge >= 0.3 is 0 Å². The topological polar surface area (TPSA) is 17.1 Å². The summed E-state index contributed by atoms with van der Waals surface area (Å²) < 4.78 is 0. The molecule has 62 valence electrons. The highest BCUT2D eigenvalue weighted by molar-refractivity contribution is 6.68.